The molecule has 0 aliphatic carbocycles. The average molecular weight is 259 g/mol. The average Bonchev–Trinajstić information content (AvgIpc) is 2.37. The number of nitrogens with one attached hydrogen (secondary N) is 1. The Hall–Kier alpha value is -2.07. The van der Waals surface area contributed by atoms with Crippen LogP contribution in [0.4, 0.5) is 0 Å². The molecular weight excluding hydrogens is 240 g/mol. The smallest absolute Gasteiger partial charge is 0.272 e. The third kappa shape index (κ3) is 3.45. The number of amides is 1. The largest absolute Gasteiger partial charge is 0.497 e. The van der Waals surface area contributed by atoms with Crippen LogP contribution in [0.2, 0.25) is 0 Å². The van der Waals surface area contributed by atoms with Gasteiger partial charge in [0.1, 0.15) is 12.3 Å². The summed E-state index contributed by atoms with van der Waals surface area (Å²) < 4.78 is 5.21. The van der Waals surface area contributed by atoms with Gasteiger partial charge in [-0.2, -0.15) is 0 Å². The van der Waals surface area contributed by atoms with Crippen molar-refractivity contribution in [1.29, 1.82) is 0 Å². The van der Waals surface area contributed by atoms with Gasteiger partial charge in [-0.05, 0) is 29.0 Å². The molecular formula is C15H19N2O2+. The predicted octanol–water partition coefficient (Wildman–Crippen LogP) is 0.348. The van der Waals surface area contributed by atoms with E-state index in [1.807, 2.05) is 25.2 Å². The van der Waals surface area contributed by atoms with Gasteiger partial charge in [-0.1, -0.05) is 18.2 Å². The molecule has 2 rings (SSSR count). The Bertz CT molecular complexity index is 596. The fourth-order valence-corrected chi connectivity index (χ4v) is 2.22. The Labute approximate surface area is 112 Å². The molecule has 0 heterocycles. The van der Waals surface area contributed by atoms with Crippen LogP contribution >= 0.6 is 0 Å². The number of ether oxygens (including phenoxy) is 1. The number of carbonyl (C=O) groups excluding carboxylic acids is 1. The predicted molar refractivity (Wildman–Crippen MR) is 75.2 cm³/mol. The van der Waals surface area contributed by atoms with Crippen LogP contribution in [0, 0.1) is 0 Å². The summed E-state index contributed by atoms with van der Waals surface area (Å²) in [4.78, 5) is 12.0. The number of primary amides is 1. The number of benzene rings is 2. The molecule has 100 valence electrons. The van der Waals surface area contributed by atoms with E-state index in [0.29, 0.717) is 6.54 Å². The lowest BCUT2D eigenvalue weighted by atomic mass is 10.1. The summed E-state index contributed by atoms with van der Waals surface area (Å²) in [5.74, 6) is 0.583. The maximum atomic E-state index is 10.9. The van der Waals surface area contributed by atoms with Gasteiger partial charge in [0.25, 0.3) is 5.91 Å². The van der Waals surface area contributed by atoms with Crippen molar-refractivity contribution in [3.8, 4) is 5.75 Å². The monoisotopic (exact) mass is 259 g/mol. The number of hydrogen-bond donors (Lipinski definition) is 2. The van der Waals surface area contributed by atoms with Gasteiger partial charge in [0.2, 0.25) is 0 Å². The van der Waals surface area contributed by atoms with Crippen LogP contribution in [-0.4, -0.2) is 26.6 Å². The first-order chi connectivity index (χ1) is 9.08. The van der Waals surface area contributed by atoms with E-state index in [0.717, 1.165) is 22.6 Å². The van der Waals surface area contributed by atoms with Crippen LogP contribution in [-0.2, 0) is 11.3 Å². The van der Waals surface area contributed by atoms with Crippen molar-refractivity contribution < 1.29 is 14.4 Å². The lowest BCUT2D eigenvalue weighted by Crippen LogP contribution is -3.08. The molecule has 0 saturated heterocycles. The molecule has 0 saturated carbocycles. The van der Waals surface area contributed by atoms with E-state index in [4.69, 9.17) is 10.5 Å². The molecule has 2 aromatic rings. The quantitative estimate of drug-likeness (QED) is 0.814. The fraction of sp³-hybridized carbons (Fsp3) is 0.267. The van der Waals surface area contributed by atoms with Gasteiger partial charge < -0.3 is 15.4 Å². The van der Waals surface area contributed by atoms with Crippen LogP contribution in [0.5, 0.6) is 5.75 Å². The van der Waals surface area contributed by atoms with Gasteiger partial charge in [0.15, 0.2) is 6.54 Å². The van der Waals surface area contributed by atoms with Crippen molar-refractivity contribution >= 4 is 16.7 Å². The minimum absolute atomic E-state index is 0.275. The maximum Gasteiger partial charge on any atom is 0.272 e. The molecule has 0 aromatic heterocycles. The maximum absolute atomic E-state index is 10.9. The molecule has 1 amide bonds. The highest BCUT2D eigenvalue weighted by molar-refractivity contribution is 5.84. The summed E-state index contributed by atoms with van der Waals surface area (Å²) in [6.07, 6.45) is 0. The lowest BCUT2D eigenvalue weighted by molar-refractivity contribution is -0.885. The van der Waals surface area contributed by atoms with Crippen molar-refractivity contribution in [3.05, 3.63) is 42.0 Å². The third-order valence-electron chi connectivity index (χ3n) is 3.09. The second-order valence-corrected chi connectivity index (χ2v) is 4.82. The van der Waals surface area contributed by atoms with Crippen LogP contribution in [0.1, 0.15) is 5.56 Å². The first kappa shape index (κ1) is 13.4. The number of methoxy groups -OCH3 is 1. The van der Waals surface area contributed by atoms with Crippen LogP contribution in [0.15, 0.2) is 36.4 Å². The fourth-order valence-electron chi connectivity index (χ4n) is 2.22. The molecule has 2 aromatic carbocycles. The van der Waals surface area contributed by atoms with E-state index < -0.39 is 0 Å². The number of likely N-dealkylation sites (N-methyl/N-ethyl adjacent to an activating group) is 1. The van der Waals surface area contributed by atoms with Crippen LogP contribution < -0.4 is 15.4 Å². The van der Waals surface area contributed by atoms with Gasteiger partial charge in [0.05, 0.1) is 14.2 Å². The molecule has 0 radical (unpaired) electrons. The normalized spacial score (nSPS) is 12.3. The minimum Gasteiger partial charge on any atom is -0.497 e. The second kappa shape index (κ2) is 5.71. The summed E-state index contributed by atoms with van der Waals surface area (Å²) >= 11 is 0. The van der Waals surface area contributed by atoms with E-state index in [-0.39, 0.29) is 5.91 Å². The van der Waals surface area contributed by atoms with Gasteiger partial charge >= 0.3 is 0 Å². The molecule has 3 N–H and O–H groups in total. The number of carbonyl (C=O) groups is 1. The first-order valence-electron chi connectivity index (χ1n) is 6.25. The summed E-state index contributed by atoms with van der Waals surface area (Å²) in [6.45, 7) is 1.13. The van der Waals surface area contributed by atoms with Gasteiger partial charge in [-0.15, -0.1) is 0 Å². The molecule has 0 spiro atoms. The summed E-state index contributed by atoms with van der Waals surface area (Å²) in [5, 5.41) is 2.32. The summed E-state index contributed by atoms with van der Waals surface area (Å²) in [7, 11) is 3.63. The van der Waals surface area contributed by atoms with Gasteiger partial charge in [-0.25, -0.2) is 0 Å². The van der Waals surface area contributed by atoms with E-state index in [2.05, 4.69) is 18.2 Å². The number of rotatable bonds is 5. The number of hydrogen-bond acceptors (Lipinski definition) is 2. The number of fused-ring (bicyclic) bond motifs is 1. The van der Waals surface area contributed by atoms with E-state index >= 15 is 0 Å². The number of quaternary nitrogens is 1. The zero-order chi connectivity index (χ0) is 13.8. The molecule has 0 bridgehead atoms. The van der Waals surface area contributed by atoms with Gasteiger partial charge in [-0.3, -0.25) is 4.79 Å². The van der Waals surface area contributed by atoms with E-state index in [9.17, 15) is 4.79 Å². The first-order valence-corrected chi connectivity index (χ1v) is 6.25. The minimum atomic E-state index is -0.275. The highest BCUT2D eigenvalue weighted by Gasteiger charge is 2.07. The van der Waals surface area contributed by atoms with E-state index in [1.165, 1.54) is 10.9 Å². The summed E-state index contributed by atoms with van der Waals surface area (Å²) in [6, 6.07) is 12.3. The highest BCUT2D eigenvalue weighted by Crippen LogP contribution is 2.21. The summed E-state index contributed by atoms with van der Waals surface area (Å²) in [5.41, 5.74) is 6.39. The Kier molecular flexibility index (Phi) is 4.02. The molecule has 0 aliphatic rings. The highest BCUT2D eigenvalue weighted by atomic mass is 16.5. The molecule has 0 fully saturated rings. The van der Waals surface area contributed by atoms with Crippen molar-refractivity contribution in [3.63, 3.8) is 0 Å². The number of nitrogens with two attached hydrogens (primary N) is 1. The third-order valence-corrected chi connectivity index (χ3v) is 3.09. The van der Waals surface area contributed by atoms with Crippen molar-refractivity contribution in [2.24, 2.45) is 5.73 Å². The Balaban J connectivity index is 2.19. The van der Waals surface area contributed by atoms with Crippen molar-refractivity contribution in [2.75, 3.05) is 20.7 Å². The van der Waals surface area contributed by atoms with Crippen LogP contribution in [0.25, 0.3) is 10.8 Å². The van der Waals surface area contributed by atoms with E-state index in [1.54, 1.807) is 7.11 Å². The van der Waals surface area contributed by atoms with Crippen LogP contribution in [0.3, 0.4) is 0 Å². The molecule has 4 nitrogen and oxygen atoms in total. The topological polar surface area (TPSA) is 56.8 Å². The molecule has 0 aliphatic heterocycles. The molecule has 19 heavy (non-hydrogen) atoms. The SMILES string of the molecule is COc1ccc2cc(C[NH+](C)CC(N)=O)ccc2c1. The van der Waals surface area contributed by atoms with Gasteiger partial charge in [0, 0.05) is 5.56 Å². The molecule has 1 unspecified atom stereocenters. The van der Waals surface area contributed by atoms with Crippen molar-refractivity contribution in [1.82, 2.24) is 0 Å². The Morgan fingerprint density at radius 3 is 2.58 bits per heavy atom. The lowest BCUT2D eigenvalue weighted by Gasteiger charge is -2.12. The Morgan fingerprint density at radius 2 is 1.89 bits per heavy atom. The Morgan fingerprint density at radius 1 is 1.21 bits per heavy atom. The second-order valence-electron chi connectivity index (χ2n) is 4.82. The molecule has 4 heteroatoms. The molecule has 1 atom stereocenters. The van der Waals surface area contributed by atoms with Crippen molar-refractivity contribution in [2.45, 2.75) is 6.54 Å². The zero-order valence-electron chi connectivity index (χ0n) is 11.3. The standard InChI is InChI=1S/C15H18N2O2/c1-17(10-15(16)18)9-11-3-4-13-8-14(19-2)6-5-12(13)7-11/h3-8H,9-10H2,1-2H3,(H2,16,18)/p+1. The zero-order valence-corrected chi connectivity index (χ0v) is 11.3.